The zero-order valence-corrected chi connectivity index (χ0v) is 15.8. The van der Waals surface area contributed by atoms with Crippen LogP contribution in [0.15, 0.2) is 6.07 Å². The molecule has 2 aromatic heterocycles. The average Bonchev–Trinajstić information content (AvgIpc) is 2.83. The van der Waals surface area contributed by atoms with Gasteiger partial charge in [-0.2, -0.15) is 5.10 Å². The van der Waals surface area contributed by atoms with Crippen molar-refractivity contribution in [1.82, 2.24) is 19.9 Å². The third-order valence-electron chi connectivity index (χ3n) is 3.74. The van der Waals surface area contributed by atoms with Crippen molar-refractivity contribution in [3.05, 3.63) is 28.7 Å². The minimum atomic E-state index is -0.403. The highest BCUT2D eigenvalue weighted by Crippen LogP contribution is 2.17. The summed E-state index contributed by atoms with van der Waals surface area (Å²) in [6, 6.07) is 1.92. The van der Waals surface area contributed by atoms with E-state index in [1.165, 1.54) is 0 Å². The van der Waals surface area contributed by atoms with Crippen LogP contribution in [-0.4, -0.2) is 38.6 Å². The first kappa shape index (κ1) is 18.9. The maximum absolute atomic E-state index is 11.9. The Balaban J connectivity index is 1.96. The number of nitrogens with zero attached hydrogens (tertiary/aromatic N) is 3. The Kier molecular flexibility index (Phi) is 5.45. The normalized spacial score (nSPS) is 11.6. The molecular weight excluding hydrogens is 320 g/mol. The number of nitrogens with one attached hydrogen (secondary N) is 1. The van der Waals surface area contributed by atoms with Crippen molar-refractivity contribution in [2.75, 3.05) is 6.61 Å². The van der Waals surface area contributed by atoms with E-state index in [0.717, 1.165) is 28.3 Å². The lowest BCUT2D eigenvalue weighted by atomic mass is 10.1. The maximum atomic E-state index is 11.9. The van der Waals surface area contributed by atoms with Crippen molar-refractivity contribution in [1.29, 1.82) is 0 Å². The summed E-state index contributed by atoms with van der Waals surface area (Å²) in [5, 5.41) is 7.17. The van der Waals surface area contributed by atoms with Crippen LogP contribution in [0.25, 0.3) is 5.65 Å². The number of fused-ring (bicyclic) bond motifs is 1. The smallest absolute Gasteiger partial charge is 0.306 e. The van der Waals surface area contributed by atoms with Gasteiger partial charge in [-0.15, -0.1) is 0 Å². The molecule has 0 unspecified atom stereocenters. The molecule has 7 nitrogen and oxygen atoms in total. The summed E-state index contributed by atoms with van der Waals surface area (Å²) in [5.74, 6) is -0.706. The van der Waals surface area contributed by atoms with Gasteiger partial charge in [0.25, 0.3) is 5.91 Å². The van der Waals surface area contributed by atoms with E-state index in [0.29, 0.717) is 6.42 Å². The van der Waals surface area contributed by atoms with Gasteiger partial charge in [-0.3, -0.25) is 9.59 Å². The molecule has 0 aliphatic heterocycles. The van der Waals surface area contributed by atoms with Crippen LogP contribution < -0.4 is 5.32 Å². The summed E-state index contributed by atoms with van der Waals surface area (Å²) in [6.07, 6.45) is 0.692. The minimum Gasteiger partial charge on any atom is -0.456 e. The molecule has 1 amide bonds. The van der Waals surface area contributed by atoms with E-state index in [2.05, 4.69) is 15.4 Å². The molecule has 1 N–H and O–H groups in total. The van der Waals surface area contributed by atoms with E-state index in [9.17, 15) is 9.59 Å². The highest BCUT2D eigenvalue weighted by atomic mass is 16.5. The average molecular weight is 346 g/mol. The van der Waals surface area contributed by atoms with Gasteiger partial charge in [0.1, 0.15) is 0 Å². The summed E-state index contributed by atoms with van der Waals surface area (Å²) in [5.41, 5.74) is 4.18. The van der Waals surface area contributed by atoms with Crippen LogP contribution in [-0.2, 0) is 20.7 Å². The second-order valence-corrected chi connectivity index (χ2v) is 7.28. The van der Waals surface area contributed by atoms with Crippen molar-refractivity contribution in [3.8, 4) is 0 Å². The molecular formula is C18H26N4O3. The highest BCUT2D eigenvalue weighted by molar-refractivity contribution is 5.81. The van der Waals surface area contributed by atoms with Gasteiger partial charge in [0.15, 0.2) is 12.3 Å². The van der Waals surface area contributed by atoms with Gasteiger partial charge in [-0.1, -0.05) is 0 Å². The monoisotopic (exact) mass is 346 g/mol. The van der Waals surface area contributed by atoms with Crippen LogP contribution in [0.4, 0.5) is 0 Å². The van der Waals surface area contributed by atoms with Crippen molar-refractivity contribution in [3.63, 3.8) is 0 Å². The molecule has 2 rings (SSSR count). The Bertz CT molecular complexity index is 803. The number of esters is 1. The van der Waals surface area contributed by atoms with Crippen LogP contribution in [0.5, 0.6) is 0 Å². The maximum Gasteiger partial charge on any atom is 0.306 e. The number of hydrogen-bond donors (Lipinski definition) is 1. The fraction of sp³-hybridized carbons (Fsp3) is 0.556. The number of amides is 1. The van der Waals surface area contributed by atoms with Gasteiger partial charge in [0.2, 0.25) is 0 Å². The molecule has 136 valence electrons. The first-order valence-corrected chi connectivity index (χ1v) is 8.36. The molecule has 0 atom stereocenters. The lowest BCUT2D eigenvalue weighted by Gasteiger charge is -2.20. The van der Waals surface area contributed by atoms with Gasteiger partial charge in [-0.25, -0.2) is 9.50 Å². The summed E-state index contributed by atoms with van der Waals surface area (Å²) >= 11 is 0. The molecule has 0 bridgehead atoms. The van der Waals surface area contributed by atoms with E-state index < -0.39 is 5.97 Å². The fourth-order valence-electron chi connectivity index (χ4n) is 2.70. The van der Waals surface area contributed by atoms with Gasteiger partial charge in [0.05, 0.1) is 5.69 Å². The number of aryl methyl sites for hydroxylation is 3. The van der Waals surface area contributed by atoms with Crippen molar-refractivity contribution in [2.24, 2.45) is 0 Å². The molecule has 0 saturated carbocycles. The number of carbonyl (C=O) groups excluding carboxylic acids is 2. The van der Waals surface area contributed by atoms with Crippen molar-refractivity contribution >= 4 is 17.5 Å². The van der Waals surface area contributed by atoms with Crippen molar-refractivity contribution < 1.29 is 14.3 Å². The first-order chi connectivity index (χ1) is 11.6. The lowest BCUT2D eigenvalue weighted by Crippen LogP contribution is -2.42. The van der Waals surface area contributed by atoms with Gasteiger partial charge < -0.3 is 10.1 Å². The second-order valence-electron chi connectivity index (χ2n) is 7.28. The molecule has 7 heteroatoms. The Morgan fingerprint density at radius 2 is 1.92 bits per heavy atom. The molecule has 0 fully saturated rings. The van der Waals surface area contributed by atoms with E-state index in [1.54, 1.807) is 4.52 Å². The number of hydrogen-bond acceptors (Lipinski definition) is 5. The minimum absolute atomic E-state index is 0.192. The number of rotatable bonds is 5. The van der Waals surface area contributed by atoms with Crippen LogP contribution in [0.2, 0.25) is 0 Å². The summed E-state index contributed by atoms with van der Waals surface area (Å²) in [7, 11) is 0. The summed E-state index contributed by atoms with van der Waals surface area (Å²) in [6.45, 7) is 11.2. The molecule has 0 aliphatic carbocycles. The topological polar surface area (TPSA) is 85.6 Å². The van der Waals surface area contributed by atoms with Crippen LogP contribution in [0.1, 0.15) is 49.8 Å². The van der Waals surface area contributed by atoms with Gasteiger partial charge >= 0.3 is 5.97 Å². The first-order valence-electron chi connectivity index (χ1n) is 8.36. The summed E-state index contributed by atoms with van der Waals surface area (Å²) < 4.78 is 6.84. The van der Waals surface area contributed by atoms with Gasteiger partial charge in [-0.05, 0) is 53.5 Å². The van der Waals surface area contributed by atoms with Crippen LogP contribution >= 0.6 is 0 Å². The zero-order chi connectivity index (χ0) is 18.8. The molecule has 0 aromatic carbocycles. The highest BCUT2D eigenvalue weighted by Gasteiger charge is 2.16. The van der Waals surface area contributed by atoms with E-state index in [4.69, 9.17) is 4.74 Å². The Morgan fingerprint density at radius 1 is 1.24 bits per heavy atom. The third kappa shape index (κ3) is 5.01. The number of ether oxygens (including phenoxy) is 1. The third-order valence-corrected chi connectivity index (χ3v) is 3.74. The van der Waals surface area contributed by atoms with E-state index >= 15 is 0 Å². The summed E-state index contributed by atoms with van der Waals surface area (Å²) in [4.78, 5) is 28.2. The molecule has 2 heterocycles. The van der Waals surface area contributed by atoms with Crippen LogP contribution in [0.3, 0.4) is 0 Å². The Labute approximate surface area is 147 Å². The molecule has 25 heavy (non-hydrogen) atoms. The molecule has 0 radical (unpaired) electrons. The largest absolute Gasteiger partial charge is 0.456 e. The quantitative estimate of drug-likeness (QED) is 0.838. The number of carbonyl (C=O) groups is 2. The zero-order valence-electron chi connectivity index (χ0n) is 15.8. The molecule has 0 spiro atoms. The SMILES string of the molecule is Cc1cc2nc(C)c(CCC(=O)OCC(=O)NC(C)(C)C)c(C)n2n1. The standard InChI is InChI=1S/C18H26N4O3/c1-11-9-15-19-12(2)14(13(3)22(15)21-11)7-8-17(24)25-10-16(23)20-18(4,5)6/h9H,7-8,10H2,1-6H3,(H,20,23). The Hall–Kier alpha value is -2.44. The molecule has 2 aromatic rings. The Morgan fingerprint density at radius 3 is 2.56 bits per heavy atom. The van der Waals surface area contributed by atoms with E-state index in [-0.39, 0.29) is 24.5 Å². The second kappa shape index (κ2) is 7.21. The van der Waals surface area contributed by atoms with Crippen molar-refractivity contribution in [2.45, 2.75) is 59.9 Å². The van der Waals surface area contributed by atoms with Gasteiger partial charge in [0, 0.05) is 29.4 Å². The fourth-order valence-corrected chi connectivity index (χ4v) is 2.70. The predicted octanol–water partition coefficient (Wildman–Crippen LogP) is 2.05. The molecule has 0 saturated heterocycles. The lowest BCUT2D eigenvalue weighted by molar-refractivity contribution is -0.148. The number of aromatic nitrogens is 3. The van der Waals surface area contributed by atoms with E-state index in [1.807, 2.05) is 47.6 Å². The van der Waals surface area contributed by atoms with Crippen LogP contribution in [0, 0.1) is 20.8 Å². The predicted molar refractivity (Wildman–Crippen MR) is 94.4 cm³/mol. The molecule has 0 aliphatic rings.